The Balaban J connectivity index is 1.58. The highest BCUT2D eigenvalue weighted by Crippen LogP contribution is 2.39. The fourth-order valence-electron chi connectivity index (χ4n) is 3.47. The Morgan fingerprint density at radius 2 is 1.79 bits per heavy atom. The maximum Gasteiger partial charge on any atom is 0.416 e. The van der Waals surface area contributed by atoms with Crippen molar-refractivity contribution >= 4 is 33.2 Å². The number of amides is 1. The molecule has 0 spiro atoms. The van der Waals surface area contributed by atoms with E-state index in [1.54, 1.807) is 18.2 Å². The van der Waals surface area contributed by atoms with E-state index in [0.29, 0.717) is 0 Å². The summed E-state index contributed by atoms with van der Waals surface area (Å²) in [6.07, 6.45) is -5.75. The van der Waals surface area contributed by atoms with Gasteiger partial charge in [-0.2, -0.15) is 13.2 Å². The summed E-state index contributed by atoms with van der Waals surface area (Å²) in [7, 11) is -4.06. The lowest BCUT2D eigenvalue weighted by atomic mass is 10.1. The first-order valence-corrected chi connectivity index (χ1v) is 11.9. The molecular weight excluding hydrogens is 493 g/mol. The van der Waals surface area contributed by atoms with Gasteiger partial charge in [0.2, 0.25) is 0 Å². The van der Waals surface area contributed by atoms with Gasteiger partial charge < -0.3 is 10.1 Å². The molecule has 11 heteroatoms. The first-order chi connectivity index (χ1) is 16.1. The summed E-state index contributed by atoms with van der Waals surface area (Å²) >= 11 is 6.06. The van der Waals surface area contributed by atoms with Crippen molar-refractivity contribution in [3.8, 4) is 5.75 Å². The van der Waals surface area contributed by atoms with Crippen LogP contribution in [0.3, 0.4) is 0 Å². The van der Waals surface area contributed by atoms with Gasteiger partial charge >= 0.3 is 6.18 Å². The van der Waals surface area contributed by atoms with Gasteiger partial charge in [-0.1, -0.05) is 41.9 Å². The number of anilines is 1. The van der Waals surface area contributed by atoms with Gasteiger partial charge in [0, 0.05) is 11.6 Å². The standard InChI is InChI=1S/C23H18ClF3N2O4S/c24-17-9-10-20-19(12-17)29(34(31,32)18-7-2-1-3-8-18)14-21(33-20)22(30)28-13-15-5-4-6-16(11-15)23(25,26)27/h1-12,21H,13-14H2,(H,28,30)/t21-/m0/s1. The van der Waals surface area contributed by atoms with E-state index in [1.807, 2.05) is 0 Å². The van der Waals surface area contributed by atoms with E-state index in [1.165, 1.54) is 42.5 Å². The number of fused-ring (bicyclic) bond motifs is 1. The summed E-state index contributed by atoms with van der Waals surface area (Å²) in [5.74, 6) is -0.541. The largest absolute Gasteiger partial charge is 0.476 e. The van der Waals surface area contributed by atoms with Gasteiger partial charge in [-0.25, -0.2) is 8.42 Å². The van der Waals surface area contributed by atoms with E-state index in [-0.39, 0.29) is 40.0 Å². The van der Waals surface area contributed by atoms with Crippen LogP contribution in [0.15, 0.2) is 77.7 Å². The second-order valence-corrected chi connectivity index (χ2v) is 9.78. The normalized spacial score (nSPS) is 15.9. The molecule has 3 aromatic rings. The Morgan fingerprint density at radius 3 is 2.50 bits per heavy atom. The molecule has 1 N–H and O–H groups in total. The predicted octanol–water partition coefficient (Wildman–Crippen LogP) is 4.63. The Labute approximate surface area is 199 Å². The molecular formula is C23H18ClF3N2O4S. The number of carbonyl (C=O) groups excluding carboxylic acids is 1. The van der Waals surface area contributed by atoms with Crippen LogP contribution < -0.4 is 14.4 Å². The number of benzene rings is 3. The van der Waals surface area contributed by atoms with Crippen LogP contribution in [0.25, 0.3) is 0 Å². The van der Waals surface area contributed by atoms with Crippen molar-refractivity contribution < 1.29 is 31.1 Å². The van der Waals surface area contributed by atoms with E-state index in [0.717, 1.165) is 16.4 Å². The lowest BCUT2D eigenvalue weighted by Gasteiger charge is -2.34. The van der Waals surface area contributed by atoms with Crippen LogP contribution in [0.2, 0.25) is 5.02 Å². The SMILES string of the molecule is O=C(NCc1cccc(C(F)(F)F)c1)[C@@H]1CN(S(=O)(=O)c2ccccc2)c2cc(Cl)ccc2O1. The summed E-state index contributed by atoms with van der Waals surface area (Å²) < 4.78 is 72.2. The number of nitrogens with zero attached hydrogens (tertiary/aromatic N) is 1. The van der Waals surface area contributed by atoms with Gasteiger partial charge in [0.05, 0.1) is 22.7 Å². The first-order valence-electron chi connectivity index (χ1n) is 10.0. The minimum absolute atomic E-state index is 0.0194. The van der Waals surface area contributed by atoms with Gasteiger partial charge in [-0.15, -0.1) is 0 Å². The third-order valence-corrected chi connectivity index (χ3v) is 7.16. The highest BCUT2D eigenvalue weighted by Gasteiger charge is 2.38. The fraction of sp³-hybridized carbons (Fsp3) is 0.174. The van der Waals surface area contributed by atoms with Gasteiger partial charge in [0.25, 0.3) is 15.9 Å². The molecule has 1 atom stereocenters. The lowest BCUT2D eigenvalue weighted by molar-refractivity contribution is -0.137. The summed E-state index contributed by atoms with van der Waals surface area (Å²) in [6.45, 7) is -0.541. The molecule has 0 saturated heterocycles. The topological polar surface area (TPSA) is 75.7 Å². The van der Waals surface area contributed by atoms with Crippen molar-refractivity contribution in [2.75, 3.05) is 10.8 Å². The van der Waals surface area contributed by atoms with Crippen molar-refractivity contribution in [3.63, 3.8) is 0 Å². The Morgan fingerprint density at radius 1 is 1.06 bits per heavy atom. The van der Waals surface area contributed by atoms with Gasteiger partial charge in [0.1, 0.15) is 5.75 Å². The highest BCUT2D eigenvalue weighted by atomic mass is 35.5. The molecule has 6 nitrogen and oxygen atoms in total. The number of rotatable bonds is 5. The molecule has 1 amide bonds. The van der Waals surface area contributed by atoms with Gasteiger partial charge in [-0.3, -0.25) is 9.10 Å². The number of hydrogen-bond donors (Lipinski definition) is 1. The molecule has 178 valence electrons. The smallest absolute Gasteiger partial charge is 0.416 e. The third kappa shape index (κ3) is 4.97. The second-order valence-electron chi connectivity index (χ2n) is 7.48. The molecule has 1 heterocycles. The Bertz CT molecular complexity index is 1320. The molecule has 0 saturated carbocycles. The summed E-state index contributed by atoms with van der Waals surface area (Å²) in [5.41, 5.74) is -0.419. The second kappa shape index (κ2) is 9.19. The molecule has 0 radical (unpaired) electrons. The number of hydrogen-bond acceptors (Lipinski definition) is 4. The lowest BCUT2D eigenvalue weighted by Crippen LogP contribution is -2.50. The number of carbonyl (C=O) groups is 1. The van der Waals surface area contributed by atoms with Crippen molar-refractivity contribution in [1.29, 1.82) is 0 Å². The summed E-state index contributed by atoms with van der Waals surface area (Å²) in [5, 5.41) is 2.80. The van der Waals surface area contributed by atoms with E-state index in [9.17, 15) is 26.4 Å². The zero-order valence-electron chi connectivity index (χ0n) is 17.4. The highest BCUT2D eigenvalue weighted by molar-refractivity contribution is 7.92. The van der Waals surface area contributed by atoms with Gasteiger partial charge in [0.15, 0.2) is 6.10 Å². The zero-order chi connectivity index (χ0) is 24.5. The minimum atomic E-state index is -4.51. The van der Waals surface area contributed by atoms with Crippen molar-refractivity contribution in [2.24, 2.45) is 0 Å². The number of alkyl halides is 3. The quantitative estimate of drug-likeness (QED) is 0.543. The number of ether oxygens (including phenoxy) is 1. The Kier molecular flexibility index (Phi) is 6.46. The van der Waals surface area contributed by atoms with E-state index >= 15 is 0 Å². The average Bonchev–Trinajstić information content (AvgIpc) is 2.82. The van der Waals surface area contributed by atoms with Crippen LogP contribution in [0.4, 0.5) is 18.9 Å². The average molecular weight is 511 g/mol. The van der Waals surface area contributed by atoms with E-state index in [4.69, 9.17) is 16.3 Å². The van der Waals surface area contributed by atoms with Crippen LogP contribution in [-0.2, 0) is 27.5 Å². The fourth-order valence-corrected chi connectivity index (χ4v) is 5.12. The van der Waals surface area contributed by atoms with Crippen LogP contribution >= 0.6 is 11.6 Å². The molecule has 1 aliphatic rings. The maximum atomic E-state index is 13.3. The number of sulfonamides is 1. The van der Waals surface area contributed by atoms with Crippen LogP contribution in [-0.4, -0.2) is 27.0 Å². The minimum Gasteiger partial charge on any atom is -0.476 e. The maximum absolute atomic E-state index is 13.3. The molecule has 0 bridgehead atoms. The number of nitrogens with one attached hydrogen (secondary N) is 1. The van der Waals surface area contributed by atoms with Crippen LogP contribution in [0.5, 0.6) is 5.75 Å². The van der Waals surface area contributed by atoms with Crippen LogP contribution in [0.1, 0.15) is 11.1 Å². The van der Waals surface area contributed by atoms with E-state index < -0.39 is 33.8 Å². The molecule has 0 aromatic heterocycles. The first kappa shape index (κ1) is 23.9. The summed E-state index contributed by atoms with van der Waals surface area (Å²) in [6, 6.07) is 16.6. The van der Waals surface area contributed by atoms with E-state index in [2.05, 4.69) is 5.32 Å². The molecule has 34 heavy (non-hydrogen) atoms. The monoisotopic (exact) mass is 510 g/mol. The molecule has 0 fully saturated rings. The zero-order valence-corrected chi connectivity index (χ0v) is 19.0. The predicted molar refractivity (Wildman–Crippen MR) is 120 cm³/mol. The molecule has 1 aliphatic heterocycles. The third-order valence-electron chi connectivity index (χ3n) is 5.14. The summed E-state index contributed by atoms with van der Waals surface area (Å²) in [4.78, 5) is 12.9. The molecule has 0 aliphatic carbocycles. The van der Waals surface area contributed by atoms with Crippen molar-refractivity contribution in [3.05, 3.63) is 88.9 Å². The van der Waals surface area contributed by atoms with Crippen LogP contribution in [0, 0.1) is 0 Å². The molecule has 4 rings (SSSR count). The van der Waals surface area contributed by atoms with Crippen molar-refractivity contribution in [1.82, 2.24) is 5.32 Å². The number of halogens is 4. The van der Waals surface area contributed by atoms with Crippen molar-refractivity contribution in [2.45, 2.75) is 23.7 Å². The molecule has 3 aromatic carbocycles. The van der Waals surface area contributed by atoms with Gasteiger partial charge in [-0.05, 0) is 48.0 Å². The molecule has 0 unspecified atom stereocenters. The Hall–Kier alpha value is -3.24.